The number of hydrogen-bond acceptors (Lipinski definition) is 3. The van der Waals surface area contributed by atoms with Crippen molar-refractivity contribution in [3.63, 3.8) is 0 Å². The maximum atomic E-state index is 11.2. The van der Waals surface area contributed by atoms with Crippen molar-refractivity contribution < 1.29 is 15.0 Å². The van der Waals surface area contributed by atoms with E-state index in [1.54, 1.807) is 6.92 Å². The standard InChI is InChI=1S/C13H19NO3/c1-10(15)8-14(2)9-12(13(16)17)11-6-4-3-5-7-11/h3-7,10,12,15H,8-9H2,1-2H3,(H,16,17). The molecule has 4 heteroatoms. The SMILES string of the molecule is CC(O)CN(C)CC(C(=O)O)c1ccccc1. The van der Waals surface area contributed by atoms with E-state index in [1.807, 2.05) is 42.3 Å². The van der Waals surface area contributed by atoms with Gasteiger partial charge in [-0.15, -0.1) is 0 Å². The average Bonchev–Trinajstić information content (AvgIpc) is 2.25. The van der Waals surface area contributed by atoms with Gasteiger partial charge in [0.05, 0.1) is 12.0 Å². The van der Waals surface area contributed by atoms with Crippen LogP contribution in [0.4, 0.5) is 0 Å². The Morgan fingerprint density at radius 1 is 1.29 bits per heavy atom. The Balaban J connectivity index is 2.71. The van der Waals surface area contributed by atoms with Gasteiger partial charge in [0.1, 0.15) is 0 Å². The average molecular weight is 237 g/mol. The largest absolute Gasteiger partial charge is 0.481 e. The third-order valence-electron chi connectivity index (χ3n) is 2.57. The highest BCUT2D eigenvalue weighted by Crippen LogP contribution is 2.16. The molecule has 0 radical (unpaired) electrons. The molecule has 17 heavy (non-hydrogen) atoms. The number of likely N-dealkylation sites (N-methyl/N-ethyl adjacent to an activating group) is 1. The lowest BCUT2D eigenvalue weighted by Crippen LogP contribution is -2.33. The van der Waals surface area contributed by atoms with Gasteiger partial charge in [-0.3, -0.25) is 4.79 Å². The minimum Gasteiger partial charge on any atom is -0.481 e. The molecular formula is C13H19NO3. The summed E-state index contributed by atoms with van der Waals surface area (Å²) in [7, 11) is 1.81. The molecule has 2 unspecified atom stereocenters. The van der Waals surface area contributed by atoms with E-state index < -0.39 is 18.0 Å². The number of aliphatic hydroxyl groups excluding tert-OH is 1. The third kappa shape index (κ3) is 4.54. The summed E-state index contributed by atoms with van der Waals surface area (Å²) >= 11 is 0. The van der Waals surface area contributed by atoms with Crippen LogP contribution in [0.3, 0.4) is 0 Å². The summed E-state index contributed by atoms with van der Waals surface area (Å²) in [6.07, 6.45) is -0.454. The molecule has 0 aliphatic carbocycles. The lowest BCUT2D eigenvalue weighted by atomic mass is 9.99. The molecule has 0 bridgehead atoms. The molecule has 2 atom stereocenters. The van der Waals surface area contributed by atoms with E-state index in [1.165, 1.54) is 0 Å². The second-order valence-electron chi connectivity index (χ2n) is 4.37. The number of aliphatic carboxylic acids is 1. The second kappa shape index (κ2) is 6.37. The first-order chi connectivity index (χ1) is 8.00. The van der Waals surface area contributed by atoms with Crippen molar-refractivity contribution in [2.75, 3.05) is 20.1 Å². The zero-order valence-electron chi connectivity index (χ0n) is 10.2. The molecule has 0 aliphatic rings. The Kier molecular flexibility index (Phi) is 5.12. The number of carboxylic acid groups (broad SMARTS) is 1. The lowest BCUT2D eigenvalue weighted by Gasteiger charge is -2.22. The van der Waals surface area contributed by atoms with E-state index in [0.717, 1.165) is 5.56 Å². The quantitative estimate of drug-likeness (QED) is 0.779. The Hall–Kier alpha value is -1.39. The molecule has 0 aromatic heterocycles. The molecule has 1 aromatic rings. The summed E-state index contributed by atoms with van der Waals surface area (Å²) in [4.78, 5) is 13.1. The molecular weight excluding hydrogens is 218 g/mol. The first-order valence-electron chi connectivity index (χ1n) is 5.65. The van der Waals surface area contributed by atoms with Crippen LogP contribution in [0.2, 0.25) is 0 Å². The van der Waals surface area contributed by atoms with Crippen molar-refractivity contribution in [2.45, 2.75) is 18.9 Å². The predicted octanol–water partition coefficient (Wildman–Crippen LogP) is 1.17. The Bertz CT molecular complexity index is 351. The fourth-order valence-corrected chi connectivity index (χ4v) is 1.85. The minimum absolute atomic E-state index is 0.393. The number of rotatable bonds is 6. The highest BCUT2D eigenvalue weighted by molar-refractivity contribution is 5.76. The van der Waals surface area contributed by atoms with E-state index in [4.69, 9.17) is 0 Å². The van der Waals surface area contributed by atoms with Crippen molar-refractivity contribution in [3.05, 3.63) is 35.9 Å². The molecule has 0 saturated carbocycles. The molecule has 0 aliphatic heterocycles. The lowest BCUT2D eigenvalue weighted by molar-refractivity contribution is -0.139. The molecule has 1 rings (SSSR count). The number of carboxylic acids is 1. The topological polar surface area (TPSA) is 60.8 Å². The Morgan fingerprint density at radius 3 is 2.35 bits per heavy atom. The number of nitrogens with zero attached hydrogens (tertiary/aromatic N) is 1. The zero-order chi connectivity index (χ0) is 12.8. The zero-order valence-corrected chi connectivity index (χ0v) is 10.2. The van der Waals surface area contributed by atoms with Crippen LogP contribution in [-0.2, 0) is 4.79 Å². The van der Waals surface area contributed by atoms with Crippen LogP contribution in [0.5, 0.6) is 0 Å². The summed E-state index contributed by atoms with van der Waals surface area (Å²) in [5, 5.41) is 18.5. The molecule has 0 heterocycles. The molecule has 0 amide bonds. The first-order valence-corrected chi connectivity index (χ1v) is 5.65. The number of hydrogen-bond donors (Lipinski definition) is 2. The fourth-order valence-electron chi connectivity index (χ4n) is 1.85. The second-order valence-corrected chi connectivity index (χ2v) is 4.37. The summed E-state index contributed by atoms with van der Waals surface area (Å²) in [6, 6.07) is 9.16. The van der Waals surface area contributed by atoms with Crippen molar-refractivity contribution in [3.8, 4) is 0 Å². The summed E-state index contributed by atoms with van der Waals surface area (Å²) in [5.41, 5.74) is 0.789. The van der Waals surface area contributed by atoms with Crippen LogP contribution in [0.1, 0.15) is 18.4 Å². The normalized spacial score (nSPS) is 14.6. The Morgan fingerprint density at radius 2 is 1.88 bits per heavy atom. The van der Waals surface area contributed by atoms with Crippen LogP contribution in [0.15, 0.2) is 30.3 Å². The number of carbonyl (C=O) groups is 1. The monoisotopic (exact) mass is 237 g/mol. The van der Waals surface area contributed by atoms with Gasteiger partial charge in [-0.1, -0.05) is 30.3 Å². The number of benzene rings is 1. The van der Waals surface area contributed by atoms with Crippen LogP contribution in [0.25, 0.3) is 0 Å². The van der Waals surface area contributed by atoms with Crippen LogP contribution in [0, 0.1) is 0 Å². The van der Waals surface area contributed by atoms with Gasteiger partial charge in [-0.2, -0.15) is 0 Å². The summed E-state index contributed by atoms with van der Waals surface area (Å²) in [6.45, 7) is 2.55. The van der Waals surface area contributed by atoms with E-state index in [0.29, 0.717) is 13.1 Å². The molecule has 0 spiro atoms. The number of aliphatic hydroxyl groups is 1. The molecule has 0 fully saturated rings. The molecule has 94 valence electrons. The van der Waals surface area contributed by atoms with Gasteiger partial charge in [-0.05, 0) is 19.5 Å². The molecule has 2 N–H and O–H groups in total. The molecule has 1 aromatic carbocycles. The van der Waals surface area contributed by atoms with Crippen molar-refractivity contribution >= 4 is 5.97 Å². The Labute approximate surface area is 101 Å². The highest BCUT2D eigenvalue weighted by atomic mass is 16.4. The van der Waals surface area contributed by atoms with Gasteiger partial charge in [0, 0.05) is 13.1 Å². The van der Waals surface area contributed by atoms with Crippen LogP contribution in [-0.4, -0.2) is 47.3 Å². The van der Waals surface area contributed by atoms with Crippen molar-refractivity contribution in [1.29, 1.82) is 0 Å². The van der Waals surface area contributed by atoms with Gasteiger partial charge >= 0.3 is 5.97 Å². The van der Waals surface area contributed by atoms with E-state index in [2.05, 4.69) is 0 Å². The van der Waals surface area contributed by atoms with Crippen molar-refractivity contribution in [1.82, 2.24) is 4.90 Å². The van der Waals surface area contributed by atoms with Crippen LogP contribution < -0.4 is 0 Å². The van der Waals surface area contributed by atoms with Gasteiger partial charge in [0.15, 0.2) is 0 Å². The highest BCUT2D eigenvalue weighted by Gasteiger charge is 2.21. The van der Waals surface area contributed by atoms with Gasteiger partial charge in [0.25, 0.3) is 0 Å². The van der Waals surface area contributed by atoms with E-state index >= 15 is 0 Å². The van der Waals surface area contributed by atoms with E-state index in [-0.39, 0.29) is 0 Å². The minimum atomic E-state index is -0.839. The molecule has 0 saturated heterocycles. The smallest absolute Gasteiger partial charge is 0.312 e. The third-order valence-corrected chi connectivity index (χ3v) is 2.57. The van der Waals surface area contributed by atoms with Gasteiger partial charge in [-0.25, -0.2) is 0 Å². The summed E-state index contributed by atoms with van der Waals surface area (Å²) in [5.74, 6) is -1.39. The fraction of sp³-hybridized carbons (Fsp3) is 0.462. The maximum Gasteiger partial charge on any atom is 0.312 e. The predicted molar refractivity (Wildman–Crippen MR) is 66.0 cm³/mol. The first kappa shape index (κ1) is 13.7. The van der Waals surface area contributed by atoms with Crippen LogP contribution >= 0.6 is 0 Å². The van der Waals surface area contributed by atoms with E-state index in [9.17, 15) is 15.0 Å². The molecule has 4 nitrogen and oxygen atoms in total. The van der Waals surface area contributed by atoms with Gasteiger partial charge in [0.2, 0.25) is 0 Å². The summed E-state index contributed by atoms with van der Waals surface area (Å²) < 4.78 is 0. The van der Waals surface area contributed by atoms with Gasteiger partial charge < -0.3 is 15.1 Å². The maximum absolute atomic E-state index is 11.2. The van der Waals surface area contributed by atoms with Crippen molar-refractivity contribution in [2.24, 2.45) is 0 Å².